The van der Waals surface area contributed by atoms with Crippen molar-refractivity contribution >= 4 is 5.97 Å². The van der Waals surface area contributed by atoms with E-state index in [4.69, 9.17) is 4.74 Å². The van der Waals surface area contributed by atoms with Gasteiger partial charge in [0.05, 0.1) is 0 Å². The zero-order valence-electron chi connectivity index (χ0n) is 10.2. The first-order valence-corrected chi connectivity index (χ1v) is 5.98. The average Bonchev–Trinajstić information content (AvgIpc) is 2.46. The molecule has 18 heavy (non-hydrogen) atoms. The molecule has 0 N–H and O–H groups in total. The van der Waals surface area contributed by atoms with Crippen LogP contribution in [0.15, 0.2) is 54.7 Å². The number of hydrogen-bond acceptors (Lipinski definition) is 3. The second-order valence-corrected chi connectivity index (χ2v) is 3.93. The molecule has 0 saturated heterocycles. The summed E-state index contributed by atoms with van der Waals surface area (Å²) in [5, 5.41) is 0. The molecule has 1 heterocycles. The topological polar surface area (TPSA) is 39.2 Å². The summed E-state index contributed by atoms with van der Waals surface area (Å²) in [5.41, 5.74) is 1.34. The van der Waals surface area contributed by atoms with E-state index in [1.165, 1.54) is 0 Å². The predicted octanol–water partition coefficient (Wildman–Crippen LogP) is 3.39. The van der Waals surface area contributed by atoms with Crippen molar-refractivity contribution in [3.63, 3.8) is 0 Å². The molecular weight excluding hydrogens is 226 g/mol. The monoisotopic (exact) mass is 241 g/mol. The summed E-state index contributed by atoms with van der Waals surface area (Å²) in [7, 11) is 0. The maximum absolute atomic E-state index is 11.9. The van der Waals surface area contributed by atoms with Crippen molar-refractivity contribution < 1.29 is 9.53 Å². The Morgan fingerprint density at radius 1 is 1.17 bits per heavy atom. The molecular formula is C15H15NO2. The van der Waals surface area contributed by atoms with Gasteiger partial charge >= 0.3 is 5.97 Å². The number of hydrogen-bond donors (Lipinski definition) is 0. The summed E-state index contributed by atoms with van der Waals surface area (Å²) >= 11 is 0. The van der Waals surface area contributed by atoms with Crippen molar-refractivity contribution in [3.05, 3.63) is 66.0 Å². The van der Waals surface area contributed by atoms with E-state index in [-0.39, 0.29) is 12.1 Å². The van der Waals surface area contributed by atoms with Crippen molar-refractivity contribution in [1.82, 2.24) is 4.98 Å². The van der Waals surface area contributed by atoms with Gasteiger partial charge in [0.1, 0.15) is 11.8 Å². The van der Waals surface area contributed by atoms with Crippen LogP contribution in [0.5, 0.6) is 0 Å². The van der Waals surface area contributed by atoms with E-state index in [1.54, 1.807) is 24.4 Å². The van der Waals surface area contributed by atoms with Crippen LogP contribution in [0.1, 0.15) is 35.5 Å². The Kier molecular flexibility index (Phi) is 4.07. The molecule has 0 aliphatic rings. The zero-order valence-corrected chi connectivity index (χ0v) is 10.2. The lowest BCUT2D eigenvalue weighted by Crippen LogP contribution is -2.12. The second-order valence-electron chi connectivity index (χ2n) is 3.93. The van der Waals surface area contributed by atoms with Crippen LogP contribution in [0, 0.1) is 0 Å². The van der Waals surface area contributed by atoms with Crippen LogP contribution in [0.2, 0.25) is 0 Å². The number of ether oxygens (including phenoxy) is 1. The Bertz CT molecular complexity index is 496. The van der Waals surface area contributed by atoms with E-state index in [0.29, 0.717) is 5.69 Å². The van der Waals surface area contributed by atoms with Gasteiger partial charge in [0.2, 0.25) is 0 Å². The maximum Gasteiger partial charge on any atom is 0.357 e. The first-order chi connectivity index (χ1) is 8.81. The summed E-state index contributed by atoms with van der Waals surface area (Å²) < 4.78 is 5.47. The first-order valence-electron chi connectivity index (χ1n) is 5.98. The highest BCUT2D eigenvalue weighted by Gasteiger charge is 2.16. The predicted molar refractivity (Wildman–Crippen MR) is 69.1 cm³/mol. The number of esters is 1. The fourth-order valence-corrected chi connectivity index (χ4v) is 1.73. The highest BCUT2D eigenvalue weighted by atomic mass is 16.5. The SMILES string of the molecule is CCC(OC(=O)c1ccccn1)c1ccccc1. The number of carbonyl (C=O) groups excluding carboxylic acids is 1. The molecule has 3 nitrogen and oxygen atoms in total. The van der Waals surface area contributed by atoms with E-state index < -0.39 is 0 Å². The van der Waals surface area contributed by atoms with Gasteiger partial charge < -0.3 is 4.74 Å². The molecule has 1 unspecified atom stereocenters. The molecule has 0 fully saturated rings. The van der Waals surface area contributed by atoms with Crippen LogP contribution in [0.3, 0.4) is 0 Å². The van der Waals surface area contributed by atoms with Crippen molar-refractivity contribution in [1.29, 1.82) is 0 Å². The van der Waals surface area contributed by atoms with Crippen LogP contribution in [0.4, 0.5) is 0 Å². The Labute approximate surface area is 106 Å². The molecule has 2 aromatic rings. The normalized spacial score (nSPS) is 11.8. The van der Waals surface area contributed by atoms with E-state index >= 15 is 0 Å². The number of aromatic nitrogens is 1. The molecule has 0 amide bonds. The number of pyridine rings is 1. The molecule has 3 heteroatoms. The number of benzene rings is 1. The van der Waals surface area contributed by atoms with Gasteiger partial charge in [-0.25, -0.2) is 9.78 Å². The second kappa shape index (κ2) is 5.96. The minimum absolute atomic E-state index is 0.222. The highest BCUT2D eigenvalue weighted by Crippen LogP contribution is 2.21. The Balaban J connectivity index is 2.10. The van der Waals surface area contributed by atoms with Gasteiger partial charge in [0, 0.05) is 6.20 Å². The molecule has 0 saturated carbocycles. The van der Waals surface area contributed by atoms with E-state index in [9.17, 15) is 4.79 Å². The molecule has 0 aliphatic heterocycles. The van der Waals surface area contributed by atoms with Crippen molar-refractivity contribution in [2.75, 3.05) is 0 Å². The minimum atomic E-state index is -0.383. The lowest BCUT2D eigenvalue weighted by Gasteiger charge is -2.16. The molecule has 1 aromatic heterocycles. The van der Waals surface area contributed by atoms with Crippen molar-refractivity contribution in [3.8, 4) is 0 Å². The van der Waals surface area contributed by atoms with Crippen LogP contribution >= 0.6 is 0 Å². The molecule has 1 aromatic carbocycles. The van der Waals surface area contributed by atoms with Gasteiger partial charge in [0.25, 0.3) is 0 Å². The number of nitrogens with zero attached hydrogens (tertiary/aromatic N) is 1. The molecule has 0 bridgehead atoms. The maximum atomic E-state index is 11.9. The zero-order chi connectivity index (χ0) is 12.8. The number of carbonyl (C=O) groups is 1. The van der Waals surface area contributed by atoms with Gasteiger partial charge in [-0.2, -0.15) is 0 Å². The third-order valence-corrected chi connectivity index (χ3v) is 2.67. The number of rotatable bonds is 4. The van der Waals surface area contributed by atoms with Crippen molar-refractivity contribution in [2.24, 2.45) is 0 Å². The molecule has 92 valence electrons. The molecule has 0 radical (unpaired) electrons. The fourth-order valence-electron chi connectivity index (χ4n) is 1.73. The summed E-state index contributed by atoms with van der Waals surface area (Å²) in [5.74, 6) is -0.383. The Morgan fingerprint density at radius 2 is 1.89 bits per heavy atom. The first kappa shape index (κ1) is 12.3. The summed E-state index contributed by atoms with van der Waals surface area (Å²) in [6.07, 6.45) is 2.10. The van der Waals surface area contributed by atoms with Gasteiger partial charge in [-0.05, 0) is 24.1 Å². The van der Waals surface area contributed by atoms with E-state index in [0.717, 1.165) is 12.0 Å². The van der Waals surface area contributed by atoms with Crippen LogP contribution < -0.4 is 0 Å². The summed E-state index contributed by atoms with van der Waals surface area (Å²) in [6.45, 7) is 1.99. The standard InChI is InChI=1S/C15H15NO2/c1-2-14(12-8-4-3-5-9-12)18-15(17)13-10-6-7-11-16-13/h3-11,14H,2H2,1H3. The van der Waals surface area contributed by atoms with Gasteiger partial charge in [0.15, 0.2) is 0 Å². The molecule has 1 atom stereocenters. The fraction of sp³-hybridized carbons (Fsp3) is 0.200. The summed E-state index contributed by atoms with van der Waals surface area (Å²) in [4.78, 5) is 15.9. The lowest BCUT2D eigenvalue weighted by molar-refractivity contribution is 0.0281. The quantitative estimate of drug-likeness (QED) is 0.770. The van der Waals surface area contributed by atoms with E-state index in [2.05, 4.69) is 4.98 Å². The smallest absolute Gasteiger partial charge is 0.357 e. The van der Waals surface area contributed by atoms with Gasteiger partial charge in [-0.15, -0.1) is 0 Å². The minimum Gasteiger partial charge on any atom is -0.453 e. The Morgan fingerprint density at radius 3 is 2.50 bits per heavy atom. The average molecular weight is 241 g/mol. The van der Waals surface area contributed by atoms with Gasteiger partial charge in [-0.1, -0.05) is 43.3 Å². The van der Waals surface area contributed by atoms with E-state index in [1.807, 2.05) is 37.3 Å². The van der Waals surface area contributed by atoms with Crippen molar-refractivity contribution in [2.45, 2.75) is 19.4 Å². The highest BCUT2D eigenvalue weighted by molar-refractivity contribution is 5.87. The third-order valence-electron chi connectivity index (χ3n) is 2.67. The largest absolute Gasteiger partial charge is 0.453 e. The van der Waals surface area contributed by atoms with Crippen LogP contribution in [0.25, 0.3) is 0 Å². The Hall–Kier alpha value is -2.16. The summed E-state index contributed by atoms with van der Waals surface area (Å²) in [6, 6.07) is 14.9. The lowest BCUT2D eigenvalue weighted by atomic mass is 10.1. The van der Waals surface area contributed by atoms with Gasteiger partial charge in [-0.3, -0.25) is 0 Å². The van der Waals surface area contributed by atoms with Crippen LogP contribution in [-0.4, -0.2) is 11.0 Å². The van der Waals surface area contributed by atoms with Crippen LogP contribution in [-0.2, 0) is 4.74 Å². The molecule has 2 rings (SSSR count). The molecule has 0 aliphatic carbocycles. The third kappa shape index (κ3) is 2.94. The molecule has 0 spiro atoms.